The van der Waals surface area contributed by atoms with Crippen LogP contribution in [0.25, 0.3) is 20.7 Å². The maximum atomic E-state index is 4.61. The van der Waals surface area contributed by atoms with Crippen LogP contribution in [-0.2, 0) is 0 Å². The van der Waals surface area contributed by atoms with Gasteiger partial charge in [-0.1, -0.05) is 31.0 Å². The van der Waals surface area contributed by atoms with Crippen molar-refractivity contribution in [2.75, 3.05) is 0 Å². The fraction of sp³-hybridized carbons (Fsp3) is 0.316. The van der Waals surface area contributed by atoms with Gasteiger partial charge in [0.15, 0.2) is 0 Å². The maximum Gasteiger partial charge on any atom is 0.0805 e. The Kier molecular flexibility index (Phi) is 3.27. The molecule has 0 unspecified atom stereocenters. The Bertz CT molecular complexity index is 767. The van der Waals surface area contributed by atoms with Crippen molar-refractivity contribution in [3.63, 3.8) is 0 Å². The lowest BCUT2D eigenvalue weighted by Gasteiger charge is -2.11. The van der Waals surface area contributed by atoms with Crippen molar-refractivity contribution in [2.45, 2.75) is 38.5 Å². The molecule has 0 saturated heterocycles. The van der Waals surface area contributed by atoms with Crippen LogP contribution in [0.4, 0.5) is 0 Å². The Balaban J connectivity index is 1.97. The zero-order chi connectivity index (χ0) is 14.2. The molecule has 1 fully saturated rings. The molecule has 3 aromatic rings. The fourth-order valence-electron chi connectivity index (χ4n) is 3.53. The third-order valence-corrected chi connectivity index (χ3v) is 5.74. The van der Waals surface area contributed by atoms with Crippen molar-refractivity contribution in [1.82, 2.24) is 4.98 Å². The van der Waals surface area contributed by atoms with Gasteiger partial charge in [-0.05, 0) is 60.4 Å². The minimum atomic E-state index is 0.721. The van der Waals surface area contributed by atoms with Crippen molar-refractivity contribution < 1.29 is 0 Å². The Hall–Kier alpha value is -1.67. The average Bonchev–Trinajstić information content (AvgIpc) is 3.14. The number of nitrogens with zero attached hydrogens (tertiary/aromatic N) is 1. The fourth-order valence-corrected chi connectivity index (χ4v) is 4.90. The minimum Gasteiger partial charge on any atom is -0.255 e. The van der Waals surface area contributed by atoms with E-state index in [9.17, 15) is 0 Å². The summed E-state index contributed by atoms with van der Waals surface area (Å²) in [4.78, 5) is 6.00. The van der Waals surface area contributed by atoms with E-state index in [2.05, 4.69) is 42.2 Å². The summed E-state index contributed by atoms with van der Waals surface area (Å²) in [6.45, 7) is 2.18. The molecular formula is C19H19NS. The third kappa shape index (κ3) is 2.28. The second-order valence-corrected chi connectivity index (χ2v) is 7.09. The van der Waals surface area contributed by atoms with Crippen molar-refractivity contribution >= 4 is 21.4 Å². The van der Waals surface area contributed by atoms with Crippen LogP contribution in [0.1, 0.15) is 42.7 Å². The van der Waals surface area contributed by atoms with Gasteiger partial charge in [0, 0.05) is 10.9 Å². The molecule has 4 rings (SSSR count). The van der Waals surface area contributed by atoms with Crippen LogP contribution in [0.3, 0.4) is 0 Å². The van der Waals surface area contributed by atoms with Crippen molar-refractivity contribution in [2.24, 2.45) is 0 Å². The minimum absolute atomic E-state index is 0.721. The topological polar surface area (TPSA) is 12.9 Å². The average molecular weight is 293 g/mol. The van der Waals surface area contributed by atoms with Gasteiger partial charge in [-0.15, -0.1) is 11.3 Å². The summed E-state index contributed by atoms with van der Waals surface area (Å²) < 4.78 is 1.41. The first-order valence-electron chi connectivity index (χ1n) is 7.77. The molecule has 0 N–H and O–H groups in total. The normalized spacial score (nSPS) is 15.9. The molecule has 1 nitrogen and oxygen atoms in total. The largest absolute Gasteiger partial charge is 0.255 e. The lowest BCUT2D eigenvalue weighted by Crippen LogP contribution is -1.94. The molecule has 2 aromatic heterocycles. The molecule has 106 valence electrons. The molecule has 1 aromatic carbocycles. The van der Waals surface area contributed by atoms with Gasteiger partial charge in [0.2, 0.25) is 0 Å². The Morgan fingerprint density at radius 2 is 1.95 bits per heavy atom. The Morgan fingerprint density at radius 3 is 2.71 bits per heavy atom. The first-order chi connectivity index (χ1) is 10.3. The summed E-state index contributed by atoms with van der Waals surface area (Å²) in [5.74, 6) is 0.721. The maximum absolute atomic E-state index is 4.61. The first kappa shape index (κ1) is 13.0. The van der Waals surface area contributed by atoms with Gasteiger partial charge in [0.1, 0.15) is 0 Å². The number of benzene rings is 1. The number of thiophene rings is 1. The van der Waals surface area contributed by atoms with Gasteiger partial charge in [0.05, 0.1) is 10.6 Å². The number of hydrogen-bond acceptors (Lipinski definition) is 2. The standard InChI is InChI=1S/C19H19NS/c1-13-9-10-15-17(12-13)21-19(16-8-4-5-11-20-16)18(15)14-6-2-3-7-14/h4-5,8-12,14H,2-3,6-7H2,1H3. The smallest absolute Gasteiger partial charge is 0.0805 e. The molecule has 1 aliphatic rings. The summed E-state index contributed by atoms with van der Waals surface area (Å²) in [6.07, 6.45) is 7.31. The van der Waals surface area contributed by atoms with E-state index in [0.717, 1.165) is 11.6 Å². The van der Waals surface area contributed by atoms with E-state index in [1.54, 1.807) is 5.56 Å². The lowest BCUT2D eigenvalue weighted by molar-refractivity contribution is 0.733. The van der Waals surface area contributed by atoms with Crippen LogP contribution in [-0.4, -0.2) is 4.98 Å². The van der Waals surface area contributed by atoms with Gasteiger partial charge in [-0.2, -0.15) is 0 Å². The third-order valence-electron chi connectivity index (χ3n) is 4.54. The van der Waals surface area contributed by atoms with Crippen LogP contribution in [0, 0.1) is 6.92 Å². The van der Waals surface area contributed by atoms with Gasteiger partial charge < -0.3 is 0 Å². The van der Waals surface area contributed by atoms with Gasteiger partial charge >= 0.3 is 0 Å². The first-order valence-corrected chi connectivity index (χ1v) is 8.59. The molecule has 1 aliphatic carbocycles. The number of aryl methyl sites for hydroxylation is 1. The quantitative estimate of drug-likeness (QED) is 0.570. The zero-order valence-corrected chi connectivity index (χ0v) is 13.1. The number of rotatable bonds is 2. The second-order valence-electron chi connectivity index (χ2n) is 6.04. The van der Waals surface area contributed by atoms with Gasteiger partial charge in [-0.25, -0.2) is 0 Å². The predicted octanol–water partition coefficient (Wildman–Crippen LogP) is 5.93. The number of fused-ring (bicyclic) bond motifs is 1. The molecule has 1 saturated carbocycles. The summed E-state index contributed by atoms with van der Waals surface area (Å²) in [6, 6.07) is 13.1. The number of hydrogen-bond donors (Lipinski definition) is 0. The van der Waals surface area contributed by atoms with E-state index in [4.69, 9.17) is 0 Å². The van der Waals surface area contributed by atoms with Crippen LogP contribution in [0.2, 0.25) is 0 Å². The molecular weight excluding hydrogens is 274 g/mol. The molecule has 0 radical (unpaired) electrons. The van der Waals surface area contributed by atoms with E-state index in [0.29, 0.717) is 0 Å². The van der Waals surface area contributed by atoms with E-state index in [1.165, 1.54) is 46.2 Å². The van der Waals surface area contributed by atoms with E-state index in [-0.39, 0.29) is 0 Å². The monoisotopic (exact) mass is 293 g/mol. The van der Waals surface area contributed by atoms with Crippen molar-refractivity contribution in [3.05, 3.63) is 53.7 Å². The van der Waals surface area contributed by atoms with Crippen LogP contribution < -0.4 is 0 Å². The Labute approximate surface area is 129 Å². The van der Waals surface area contributed by atoms with E-state index < -0.39 is 0 Å². The van der Waals surface area contributed by atoms with E-state index >= 15 is 0 Å². The molecule has 0 aliphatic heterocycles. The van der Waals surface area contributed by atoms with Gasteiger partial charge in [0.25, 0.3) is 0 Å². The molecule has 0 amide bonds. The SMILES string of the molecule is Cc1ccc2c(C3CCCC3)c(-c3ccccn3)sc2c1. The molecule has 21 heavy (non-hydrogen) atoms. The summed E-state index contributed by atoms with van der Waals surface area (Å²) in [5, 5.41) is 1.46. The van der Waals surface area contributed by atoms with Crippen LogP contribution >= 0.6 is 11.3 Å². The number of aromatic nitrogens is 1. The highest BCUT2D eigenvalue weighted by atomic mass is 32.1. The molecule has 0 atom stereocenters. The number of pyridine rings is 1. The molecule has 0 bridgehead atoms. The van der Waals surface area contributed by atoms with Crippen LogP contribution in [0.15, 0.2) is 42.6 Å². The molecule has 2 heteroatoms. The highest BCUT2D eigenvalue weighted by Gasteiger charge is 2.25. The van der Waals surface area contributed by atoms with E-state index in [1.807, 2.05) is 23.6 Å². The van der Waals surface area contributed by atoms with Crippen LogP contribution in [0.5, 0.6) is 0 Å². The summed E-state index contributed by atoms with van der Waals surface area (Å²) in [5.41, 5.74) is 4.04. The Morgan fingerprint density at radius 1 is 1.10 bits per heavy atom. The molecule has 0 spiro atoms. The zero-order valence-electron chi connectivity index (χ0n) is 12.3. The predicted molar refractivity (Wildman–Crippen MR) is 91.0 cm³/mol. The highest BCUT2D eigenvalue weighted by Crippen LogP contribution is 2.47. The summed E-state index contributed by atoms with van der Waals surface area (Å²) in [7, 11) is 0. The highest BCUT2D eigenvalue weighted by molar-refractivity contribution is 7.22. The second kappa shape index (κ2) is 5.27. The molecule has 2 heterocycles. The van der Waals surface area contributed by atoms with Crippen molar-refractivity contribution in [3.8, 4) is 10.6 Å². The summed E-state index contributed by atoms with van der Waals surface area (Å²) >= 11 is 1.92. The lowest BCUT2D eigenvalue weighted by atomic mass is 9.93. The van der Waals surface area contributed by atoms with Gasteiger partial charge in [-0.3, -0.25) is 4.98 Å². The van der Waals surface area contributed by atoms with Crippen molar-refractivity contribution in [1.29, 1.82) is 0 Å².